The van der Waals surface area contributed by atoms with E-state index in [1.165, 1.54) is 11.3 Å². The van der Waals surface area contributed by atoms with Crippen LogP contribution in [-0.4, -0.2) is 50.2 Å². The predicted octanol–water partition coefficient (Wildman–Crippen LogP) is 3.74. The molecular formula is C21H26BrN3O2. The number of para-hydroxylation sites is 1. The summed E-state index contributed by atoms with van der Waals surface area (Å²) in [4.78, 5) is 17.1. The molecule has 1 N–H and O–H groups in total. The molecule has 144 valence electrons. The number of ether oxygens (including phenoxy) is 1. The van der Waals surface area contributed by atoms with Gasteiger partial charge in [0.25, 0.3) is 0 Å². The van der Waals surface area contributed by atoms with Crippen LogP contribution in [0.15, 0.2) is 53.0 Å². The summed E-state index contributed by atoms with van der Waals surface area (Å²) in [5, 5.41) is 2.99. The normalized spacial score (nSPS) is 15.6. The monoisotopic (exact) mass is 431 g/mol. The molecule has 1 fully saturated rings. The van der Waals surface area contributed by atoms with Crippen LogP contribution >= 0.6 is 15.9 Å². The Morgan fingerprint density at radius 1 is 1.19 bits per heavy atom. The van der Waals surface area contributed by atoms with E-state index in [-0.39, 0.29) is 11.9 Å². The fourth-order valence-corrected chi connectivity index (χ4v) is 3.41. The van der Waals surface area contributed by atoms with Crippen LogP contribution in [-0.2, 0) is 16.1 Å². The maximum absolute atomic E-state index is 12.6. The Morgan fingerprint density at radius 3 is 2.56 bits per heavy atom. The van der Waals surface area contributed by atoms with Gasteiger partial charge in [-0.1, -0.05) is 34.1 Å². The predicted molar refractivity (Wildman–Crippen MR) is 113 cm³/mol. The highest BCUT2D eigenvalue weighted by Crippen LogP contribution is 2.23. The second-order valence-electron chi connectivity index (χ2n) is 6.82. The highest BCUT2D eigenvalue weighted by Gasteiger charge is 2.21. The molecule has 0 aliphatic carbocycles. The molecule has 1 saturated heterocycles. The van der Waals surface area contributed by atoms with Crippen molar-refractivity contribution in [2.24, 2.45) is 0 Å². The van der Waals surface area contributed by atoms with E-state index in [9.17, 15) is 4.79 Å². The second-order valence-corrected chi connectivity index (χ2v) is 7.73. The minimum atomic E-state index is -0.244. The Labute approximate surface area is 169 Å². The number of carbonyl (C=O) groups is 1. The molecule has 6 heteroatoms. The number of likely N-dealkylation sites (N-methyl/N-ethyl adjacent to an activating group) is 1. The molecule has 0 bridgehead atoms. The number of hydrogen-bond acceptors (Lipinski definition) is 4. The summed E-state index contributed by atoms with van der Waals surface area (Å²) in [7, 11) is 1.99. The maximum Gasteiger partial charge on any atom is 0.241 e. The zero-order chi connectivity index (χ0) is 19.2. The number of carbonyl (C=O) groups excluding carboxylic acids is 1. The highest BCUT2D eigenvalue weighted by atomic mass is 79.9. The van der Waals surface area contributed by atoms with Crippen LogP contribution < -0.4 is 10.2 Å². The lowest BCUT2D eigenvalue weighted by atomic mass is 10.1. The quantitative estimate of drug-likeness (QED) is 0.756. The Morgan fingerprint density at radius 2 is 1.85 bits per heavy atom. The topological polar surface area (TPSA) is 44.8 Å². The fourth-order valence-electron chi connectivity index (χ4n) is 3.14. The van der Waals surface area contributed by atoms with Crippen molar-refractivity contribution in [3.63, 3.8) is 0 Å². The largest absolute Gasteiger partial charge is 0.378 e. The number of nitrogens with zero attached hydrogens (tertiary/aromatic N) is 2. The molecule has 0 saturated carbocycles. The number of nitrogens with one attached hydrogen (secondary N) is 1. The first-order valence-electron chi connectivity index (χ1n) is 9.22. The van der Waals surface area contributed by atoms with Crippen molar-refractivity contribution in [1.82, 2.24) is 4.90 Å². The lowest BCUT2D eigenvalue weighted by Crippen LogP contribution is -2.40. The van der Waals surface area contributed by atoms with Gasteiger partial charge in [0.15, 0.2) is 0 Å². The molecule has 1 aliphatic rings. The molecule has 5 nitrogen and oxygen atoms in total. The Bertz CT molecular complexity index is 760. The van der Waals surface area contributed by atoms with Crippen molar-refractivity contribution in [2.45, 2.75) is 19.5 Å². The first-order chi connectivity index (χ1) is 13.0. The van der Waals surface area contributed by atoms with Crippen molar-refractivity contribution >= 4 is 33.2 Å². The van der Waals surface area contributed by atoms with E-state index in [2.05, 4.69) is 55.3 Å². The molecule has 0 spiro atoms. The summed E-state index contributed by atoms with van der Waals surface area (Å²) in [6.45, 7) is 5.97. The minimum Gasteiger partial charge on any atom is -0.378 e. The Hall–Kier alpha value is -1.89. The van der Waals surface area contributed by atoms with Gasteiger partial charge in [0.05, 0.1) is 19.3 Å². The van der Waals surface area contributed by atoms with Crippen LogP contribution in [0.3, 0.4) is 0 Å². The van der Waals surface area contributed by atoms with E-state index >= 15 is 0 Å². The van der Waals surface area contributed by atoms with E-state index in [1.807, 2.05) is 38.2 Å². The molecule has 0 radical (unpaired) electrons. The summed E-state index contributed by atoms with van der Waals surface area (Å²) in [6, 6.07) is 15.8. The highest BCUT2D eigenvalue weighted by molar-refractivity contribution is 9.10. The number of halogens is 1. The summed E-state index contributed by atoms with van der Waals surface area (Å²) in [5.74, 6) is -0.0105. The lowest BCUT2D eigenvalue weighted by Gasteiger charge is -2.32. The Balaban J connectivity index is 1.64. The number of anilines is 2. The SMILES string of the molecule is CC(C(=O)Nc1ccc(Br)cc1)N(C)Cc1ccccc1N1CCOCC1. The van der Waals surface area contributed by atoms with Crippen LogP contribution in [0.4, 0.5) is 11.4 Å². The van der Waals surface area contributed by atoms with Crippen molar-refractivity contribution in [2.75, 3.05) is 43.6 Å². The first kappa shape index (κ1) is 19.9. The number of morpholine rings is 1. The van der Waals surface area contributed by atoms with Crippen molar-refractivity contribution in [3.8, 4) is 0 Å². The van der Waals surface area contributed by atoms with Crippen LogP contribution in [0.2, 0.25) is 0 Å². The van der Waals surface area contributed by atoms with E-state index in [1.54, 1.807) is 0 Å². The smallest absolute Gasteiger partial charge is 0.241 e. The van der Waals surface area contributed by atoms with Crippen molar-refractivity contribution < 1.29 is 9.53 Å². The lowest BCUT2D eigenvalue weighted by molar-refractivity contribution is -0.120. The number of hydrogen-bond donors (Lipinski definition) is 1. The molecular weight excluding hydrogens is 406 g/mol. The molecule has 1 amide bonds. The third kappa shape index (κ3) is 5.31. The van der Waals surface area contributed by atoms with Gasteiger partial charge in [-0.3, -0.25) is 9.69 Å². The third-order valence-electron chi connectivity index (χ3n) is 4.92. The van der Waals surface area contributed by atoms with Gasteiger partial charge >= 0.3 is 0 Å². The average molecular weight is 432 g/mol. The minimum absolute atomic E-state index is 0.0105. The standard InChI is InChI=1S/C21H26BrN3O2/c1-16(21(26)23-19-9-7-18(22)8-10-19)24(2)15-17-5-3-4-6-20(17)25-11-13-27-14-12-25/h3-10,16H,11-15H2,1-2H3,(H,23,26). The van der Waals surface area contributed by atoms with Crippen molar-refractivity contribution in [3.05, 3.63) is 58.6 Å². The van der Waals surface area contributed by atoms with Gasteiger partial charge in [-0.05, 0) is 49.9 Å². The molecule has 27 heavy (non-hydrogen) atoms. The fraction of sp³-hybridized carbons (Fsp3) is 0.381. The first-order valence-corrected chi connectivity index (χ1v) is 10.0. The van der Waals surface area contributed by atoms with Gasteiger partial charge in [0, 0.05) is 35.5 Å². The summed E-state index contributed by atoms with van der Waals surface area (Å²) >= 11 is 3.41. The molecule has 3 rings (SSSR count). The number of amides is 1. The van der Waals surface area contributed by atoms with Gasteiger partial charge in [-0.25, -0.2) is 0 Å². The van der Waals surface area contributed by atoms with Crippen LogP contribution in [0.5, 0.6) is 0 Å². The van der Waals surface area contributed by atoms with Crippen LogP contribution in [0.25, 0.3) is 0 Å². The van der Waals surface area contributed by atoms with Crippen LogP contribution in [0.1, 0.15) is 12.5 Å². The van der Waals surface area contributed by atoms with E-state index in [0.717, 1.165) is 36.5 Å². The average Bonchev–Trinajstić information content (AvgIpc) is 2.70. The number of rotatable bonds is 6. The van der Waals surface area contributed by atoms with E-state index < -0.39 is 0 Å². The molecule has 1 heterocycles. The van der Waals surface area contributed by atoms with Crippen molar-refractivity contribution in [1.29, 1.82) is 0 Å². The molecule has 1 unspecified atom stereocenters. The molecule has 0 aromatic heterocycles. The van der Waals surface area contributed by atoms with E-state index in [0.29, 0.717) is 6.54 Å². The van der Waals surface area contributed by atoms with Gasteiger partial charge in [-0.15, -0.1) is 0 Å². The van der Waals surface area contributed by atoms with Gasteiger partial charge < -0.3 is 15.0 Å². The van der Waals surface area contributed by atoms with Crippen LogP contribution in [0, 0.1) is 0 Å². The van der Waals surface area contributed by atoms with Gasteiger partial charge in [0.2, 0.25) is 5.91 Å². The van der Waals surface area contributed by atoms with Gasteiger partial charge in [-0.2, -0.15) is 0 Å². The summed E-state index contributed by atoms with van der Waals surface area (Å²) in [6.07, 6.45) is 0. The molecule has 1 aliphatic heterocycles. The maximum atomic E-state index is 12.6. The molecule has 1 atom stereocenters. The van der Waals surface area contributed by atoms with Gasteiger partial charge in [0.1, 0.15) is 0 Å². The summed E-state index contributed by atoms with van der Waals surface area (Å²) in [5.41, 5.74) is 3.26. The molecule has 2 aromatic rings. The zero-order valence-electron chi connectivity index (χ0n) is 15.8. The van der Waals surface area contributed by atoms with E-state index in [4.69, 9.17) is 4.74 Å². The second kappa shape index (κ2) is 9.35. The zero-order valence-corrected chi connectivity index (χ0v) is 17.4. The molecule has 2 aromatic carbocycles. The Kier molecular flexibility index (Phi) is 6.88. The number of benzene rings is 2. The third-order valence-corrected chi connectivity index (χ3v) is 5.44. The summed E-state index contributed by atoms with van der Waals surface area (Å²) < 4.78 is 6.46.